The van der Waals surface area contributed by atoms with Gasteiger partial charge in [-0.1, -0.05) is 20.8 Å². The molecule has 0 saturated carbocycles. The average molecular weight is 133 g/mol. The van der Waals surface area contributed by atoms with Gasteiger partial charge in [-0.15, -0.1) is 0 Å². The molecule has 0 bridgehead atoms. The van der Waals surface area contributed by atoms with Gasteiger partial charge in [-0.25, -0.2) is 0 Å². The van der Waals surface area contributed by atoms with E-state index in [9.17, 15) is 0 Å². The first kappa shape index (κ1) is 8.31. The van der Waals surface area contributed by atoms with Crippen molar-refractivity contribution in [2.24, 2.45) is 11.1 Å². The van der Waals surface area contributed by atoms with E-state index in [1.807, 2.05) is 0 Å². The largest absolute Gasteiger partial charge is 0.326 e. The highest BCUT2D eigenvalue weighted by molar-refractivity contribution is 7.80. The molecule has 0 rings (SSSR count). The maximum Gasteiger partial charge on any atom is 0.0177 e. The Morgan fingerprint density at radius 3 is 1.88 bits per heavy atom. The minimum absolute atomic E-state index is 0.210. The zero-order chi connectivity index (χ0) is 6.78. The van der Waals surface area contributed by atoms with Crippen LogP contribution in [0.4, 0.5) is 0 Å². The highest BCUT2D eigenvalue weighted by Crippen LogP contribution is 2.17. The van der Waals surface area contributed by atoms with E-state index in [2.05, 4.69) is 33.4 Å². The van der Waals surface area contributed by atoms with Crippen molar-refractivity contribution in [1.29, 1.82) is 0 Å². The molecular weight excluding hydrogens is 118 g/mol. The van der Waals surface area contributed by atoms with Crippen LogP contribution in [0.2, 0.25) is 0 Å². The second kappa shape index (κ2) is 2.74. The lowest BCUT2D eigenvalue weighted by molar-refractivity contribution is 0.344. The molecule has 0 aliphatic heterocycles. The third kappa shape index (κ3) is 2.58. The van der Waals surface area contributed by atoms with E-state index < -0.39 is 0 Å². The Bertz CT molecular complexity index is 65.4. The molecule has 0 aromatic carbocycles. The minimum Gasteiger partial charge on any atom is -0.326 e. The normalized spacial score (nSPS) is 16.1. The fourth-order valence-electron chi connectivity index (χ4n) is 0.274. The summed E-state index contributed by atoms with van der Waals surface area (Å²) < 4.78 is 0. The summed E-state index contributed by atoms with van der Waals surface area (Å²) in [4.78, 5) is 0. The zero-order valence-electron chi connectivity index (χ0n) is 5.81. The predicted octanol–water partition coefficient (Wildman–Crippen LogP) is 1.29. The predicted molar refractivity (Wildman–Crippen MR) is 41.3 cm³/mol. The van der Waals surface area contributed by atoms with Gasteiger partial charge >= 0.3 is 0 Å². The van der Waals surface area contributed by atoms with Crippen LogP contribution in [-0.4, -0.2) is 11.8 Å². The molecule has 0 aliphatic rings. The van der Waals surface area contributed by atoms with Crippen molar-refractivity contribution < 1.29 is 0 Å². The molecule has 2 N–H and O–H groups in total. The summed E-state index contributed by atoms with van der Waals surface area (Å²) in [5, 5.41) is 0. The van der Waals surface area contributed by atoms with Crippen molar-refractivity contribution in [2.75, 3.05) is 5.75 Å². The molecule has 0 aromatic rings. The van der Waals surface area contributed by atoms with Crippen LogP contribution in [0, 0.1) is 5.41 Å². The highest BCUT2D eigenvalue weighted by atomic mass is 32.1. The Morgan fingerprint density at radius 2 is 1.88 bits per heavy atom. The smallest absolute Gasteiger partial charge is 0.0177 e. The van der Waals surface area contributed by atoms with E-state index in [0.29, 0.717) is 0 Å². The molecule has 1 nitrogen and oxygen atoms in total. The summed E-state index contributed by atoms with van der Waals surface area (Å²) in [6.07, 6.45) is 0. The molecule has 0 amide bonds. The molecule has 50 valence electrons. The van der Waals surface area contributed by atoms with E-state index in [1.54, 1.807) is 0 Å². The molecule has 0 saturated heterocycles. The van der Waals surface area contributed by atoms with E-state index in [4.69, 9.17) is 5.73 Å². The lowest BCUT2D eigenvalue weighted by Crippen LogP contribution is -2.36. The first-order chi connectivity index (χ1) is 3.48. The molecule has 0 aliphatic carbocycles. The quantitative estimate of drug-likeness (QED) is 0.518. The summed E-state index contributed by atoms with van der Waals surface area (Å²) in [7, 11) is 0. The first-order valence-electron chi connectivity index (χ1n) is 2.85. The lowest BCUT2D eigenvalue weighted by atomic mass is 9.89. The van der Waals surface area contributed by atoms with E-state index in [1.165, 1.54) is 0 Å². The van der Waals surface area contributed by atoms with Crippen molar-refractivity contribution in [3.05, 3.63) is 0 Å². The Balaban J connectivity index is 3.62. The molecule has 0 heterocycles. The number of rotatable bonds is 1. The topological polar surface area (TPSA) is 26.0 Å². The average Bonchev–Trinajstić information content (AvgIpc) is 1.62. The maximum atomic E-state index is 5.67. The van der Waals surface area contributed by atoms with Gasteiger partial charge in [0.15, 0.2) is 0 Å². The van der Waals surface area contributed by atoms with Gasteiger partial charge in [-0.3, -0.25) is 0 Å². The number of hydrogen-bond donors (Lipinski definition) is 2. The van der Waals surface area contributed by atoms with Gasteiger partial charge in [0, 0.05) is 11.8 Å². The molecule has 1 atom stereocenters. The molecule has 0 radical (unpaired) electrons. The zero-order valence-corrected chi connectivity index (χ0v) is 6.70. The summed E-state index contributed by atoms with van der Waals surface area (Å²) in [6, 6.07) is 0.214. The van der Waals surface area contributed by atoms with Crippen molar-refractivity contribution in [1.82, 2.24) is 0 Å². The Labute approximate surface area is 57.1 Å². The second-order valence-corrected chi connectivity index (χ2v) is 3.52. The summed E-state index contributed by atoms with van der Waals surface area (Å²) >= 11 is 4.08. The summed E-state index contributed by atoms with van der Waals surface area (Å²) in [6.45, 7) is 6.36. The SMILES string of the molecule is CC(C)(C)[C@H](N)CS. The third-order valence-electron chi connectivity index (χ3n) is 1.31. The van der Waals surface area contributed by atoms with Gasteiger partial charge in [0.25, 0.3) is 0 Å². The first-order valence-corrected chi connectivity index (χ1v) is 3.48. The second-order valence-electron chi connectivity index (χ2n) is 3.16. The minimum atomic E-state index is 0.210. The molecule has 0 aromatic heterocycles. The summed E-state index contributed by atoms with van der Waals surface area (Å²) in [5.41, 5.74) is 5.88. The Morgan fingerprint density at radius 1 is 1.50 bits per heavy atom. The van der Waals surface area contributed by atoms with E-state index in [0.717, 1.165) is 5.75 Å². The fraction of sp³-hybridized carbons (Fsp3) is 1.00. The Kier molecular flexibility index (Phi) is 2.84. The molecule has 0 unspecified atom stereocenters. The van der Waals surface area contributed by atoms with Crippen LogP contribution in [0.5, 0.6) is 0 Å². The van der Waals surface area contributed by atoms with E-state index >= 15 is 0 Å². The van der Waals surface area contributed by atoms with Crippen LogP contribution in [-0.2, 0) is 0 Å². The maximum absolute atomic E-state index is 5.67. The molecular formula is C6H15NS. The number of hydrogen-bond acceptors (Lipinski definition) is 2. The van der Waals surface area contributed by atoms with Crippen LogP contribution < -0.4 is 5.73 Å². The molecule has 0 fully saturated rings. The molecule has 2 heteroatoms. The van der Waals surface area contributed by atoms with Gasteiger partial charge < -0.3 is 5.73 Å². The third-order valence-corrected chi connectivity index (χ3v) is 1.70. The Hall–Kier alpha value is 0.310. The number of thiol groups is 1. The van der Waals surface area contributed by atoms with Gasteiger partial charge in [0.05, 0.1) is 0 Å². The van der Waals surface area contributed by atoms with Gasteiger partial charge in [-0.05, 0) is 5.41 Å². The van der Waals surface area contributed by atoms with Crippen LogP contribution in [0.15, 0.2) is 0 Å². The number of nitrogens with two attached hydrogens (primary N) is 1. The fourth-order valence-corrected chi connectivity index (χ4v) is 0.822. The molecule has 8 heavy (non-hydrogen) atoms. The van der Waals surface area contributed by atoms with Crippen LogP contribution in [0.3, 0.4) is 0 Å². The molecule has 0 spiro atoms. The van der Waals surface area contributed by atoms with Crippen LogP contribution >= 0.6 is 12.6 Å². The standard InChI is InChI=1S/C6H15NS/c1-6(2,3)5(7)4-8/h5,8H,4,7H2,1-3H3/t5-/m1/s1. The monoisotopic (exact) mass is 133 g/mol. The highest BCUT2D eigenvalue weighted by Gasteiger charge is 2.17. The van der Waals surface area contributed by atoms with Crippen molar-refractivity contribution in [3.63, 3.8) is 0 Å². The van der Waals surface area contributed by atoms with Crippen LogP contribution in [0.1, 0.15) is 20.8 Å². The van der Waals surface area contributed by atoms with E-state index in [-0.39, 0.29) is 11.5 Å². The van der Waals surface area contributed by atoms with Crippen molar-refractivity contribution in [2.45, 2.75) is 26.8 Å². The lowest BCUT2D eigenvalue weighted by Gasteiger charge is -2.24. The van der Waals surface area contributed by atoms with Gasteiger partial charge in [-0.2, -0.15) is 12.6 Å². The van der Waals surface area contributed by atoms with Gasteiger partial charge in [0.2, 0.25) is 0 Å². The van der Waals surface area contributed by atoms with Crippen LogP contribution in [0.25, 0.3) is 0 Å². The van der Waals surface area contributed by atoms with Crippen molar-refractivity contribution >= 4 is 12.6 Å². The van der Waals surface area contributed by atoms with Crippen molar-refractivity contribution in [3.8, 4) is 0 Å². The van der Waals surface area contributed by atoms with Gasteiger partial charge in [0.1, 0.15) is 0 Å². The summed E-state index contributed by atoms with van der Waals surface area (Å²) in [5.74, 6) is 0.767.